The second-order valence-electron chi connectivity index (χ2n) is 3.25. The molecule has 0 fully saturated rings. The molecule has 0 unspecified atom stereocenters. The molecular formula is C12H6F2I2. The van der Waals surface area contributed by atoms with Gasteiger partial charge in [-0.3, -0.25) is 0 Å². The Morgan fingerprint density at radius 3 is 1.38 bits per heavy atom. The van der Waals surface area contributed by atoms with Crippen molar-refractivity contribution >= 4 is 45.2 Å². The first kappa shape index (κ1) is 12.2. The van der Waals surface area contributed by atoms with E-state index in [1.807, 2.05) is 0 Å². The summed E-state index contributed by atoms with van der Waals surface area (Å²) >= 11 is 4.16. The Morgan fingerprint density at radius 2 is 1.06 bits per heavy atom. The van der Waals surface area contributed by atoms with Crippen molar-refractivity contribution < 1.29 is 8.78 Å². The summed E-state index contributed by atoms with van der Waals surface area (Å²) in [7, 11) is 0. The van der Waals surface area contributed by atoms with E-state index in [0.717, 1.165) is 18.3 Å². The zero-order valence-electron chi connectivity index (χ0n) is 7.98. The van der Waals surface area contributed by atoms with Crippen LogP contribution in [-0.4, -0.2) is 0 Å². The van der Waals surface area contributed by atoms with E-state index in [9.17, 15) is 8.78 Å². The van der Waals surface area contributed by atoms with Crippen molar-refractivity contribution in [1.82, 2.24) is 0 Å². The summed E-state index contributed by atoms with van der Waals surface area (Å²) in [4.78, 5) is 0. The third kappa shape index (κ3) is 2.53. The molecule has 0 spiro atoms. The van der Waals surface area contributed by atoms with Crippen LogP contribution in [-0.2, 0) is 0 Å². The van der Waals surface area contributed by atoms with E-state index in [0.29, 0.717) is 0 Å². The predicted molar refractivity (Wildman–Crippen MR) is 77.2 cm³/mol. The third-order valence-corrected chi connectivity index (χ3v) is 3.94. The SMILES string of the molecule is Fc1ccc(-c2ccc(F)cc2I)c(I)c1. The molecule has 0 N–H and O–H groups in total. The minimum atomic E-state index is -0.259. The normalized spacial score (nSPS) is 10.5. The largest absolute Gasteiger partial charge is 0.207 e. The minimum Gasteiger partial charge on any atom is -0.207 e. The van der Waals surface area contributed by atoms with Crippen molar-refractivity contribution in [2.24, 2.45) is 0 Å². The van der Waals surface area contributed by atoms with Crippen molar-refractivity contribution in [2.45, 2.75) is 0 Å². The average molecular weight is 442 g/mol. The van der Waals surface area contributed by atoms with E-state index in [2.05, 4.69) is 45.2 Å². The second kappa shape index (κ2) is 4.95. The van der Waals surface area contributed by atoms with Gasteiger partial charge < -0.3 is 0 Å². The molecular weight excluding hydrogens is 436 g/mol. The van der Waals surface area contributed by atoms with E-state index >= 15 is 0 Å². The number of rotatable bonds is 1. The lowest BCUT2D eigenvalue weighted by Crippen LogP contribution is -1.89. The molecule has 0 amide bonds. The van der Waals surface area contributed by atoms with Gasteiger partial charge in [0.1, 0.15) is 11.6 Å². The van der Waals surface area contributed by atoms with E-state index < -0.39 is 0 Å². The van der Waals surface area contributed by atoms with Crippen LogP contribution in [0.5, 0.6) is 0 Å². The Labute approximate surface area is 119 Å². The van der Waals surface area contributed by atoms with Gasteiger partial charge in [0.25, 0.3) is 0 Å². The second-order valence-corrected chi connectivity index (χ2v) is 5.57. The monoisotopic (exact) mass is 442 g/mol. The number of benzene rings is 2. The molecule has 82 valence electrons. The van der Waals surface area contributed by atoms with E-state index in [4.69, 9.17) is 0 Å². The lowest BCUT2D eigenvalue weighted by molar-refractivity contribution is 0.626. The van der Waals surface area contributed by atoms with E-state index in [1.54, 1.807) is 12.1 Å². The molecule has 0 nitrogen and oxygen atoms in total. The first-order valence-corrected chi connectivity index (χ1v) is 6.64. The van der Waals surface area contributed by atoms with Crippen LogP contribution in [0, 0.1) is 18.8 Å². The van der Waals surface area contributed by atoms with Crippen molar-refractivity contribution in [3.05, 3.63) is 55.2 Å². The summed E-state index contributed by atoms with van der Waals surface area (Å²) in [6, 6.07) is 9.19. The Bertz CT molecular complexity index is 489. The van der Waals surface area contributed by atoms with Gasteiger partial charge in [-0.25, -0.2) is 8.78 Å². The van der Waals surface area contributed by atoms with Crippen LogP contribution >= 0.6 is 45.2 Å². The maximum absolute atomic E-state index is 13.0. The number of hydrogen-bond acceptors (Lipinski definition) is 0. The Morgan fingerprint density at radius 1 is 0.688 bits per heavy atom. The lowest BCUT2D eigenvalue weighted by atomic mass is 10.1. The highest BCUT2D eigenvalue weighted by Gasteiger charge is 2.08. The molecule has 0 radical (unpaired) electrons. The fourth-order valence-electron chi connectivity index (χ4n) is 1.42. The quantitative estimate of drug-likeness (QED) is 0.555. The first-order valence-electron chi connectivity index (χ1n) is 4.48. The standard InChI is InChI=1S/C12H6F2I2/c13-7-1-3-9(11(15)5-7)10-4-2-8(14)6-12(10)16/h1-6H. The molecule has 0 heterocycles. The molecule has 2 rings (SSSR count). The van der Waals surface area contributed by atoms with Crippen LogP contribution < -0.4 is 0 Å². The van der Waals surface area contributed by atoms with Crippen LogP contribution in [0.1, 0.15) is 0 Å². The van der Waals surface area contributed by atoms with Gasteiger partial charge in [0.15, 0.2) is 0 Å². The molecule has 0 aliphatic heterocycles. The maximum atomic E-state index is 13.0. The summed E-state index contributed by atoms with van der Waals surface area (Å²) < 4.78 is 27.6. The van der Waals surface area contributed by atoms with Gasteiger partial charge in [-0.15, -0.1) is 0 Å². The topological polar surface area (TPSA) is 0 Å². The molecule has 0 saturated carbocycles. The van der Waals surface area contributed by atoms with Crippen molar-refractivity contribution in [3.8, 4) is 11.1 Å². The van der Waals surface area contributed by atoms with Gasteiger partial charge in [-0.05, 0) is 80.6 Å². The minimum absolute atomic E-state index is 0.259. The highest BCUT2D eigenvalue weighted by atomic mass is 127. The zero-order valence-corrected chi connectivity index (χ0v) is 12.3. The summed E-state index contributed by atoms with van der Waals surface area (Å²) in [6.07, 6.45) is 0. The number of halogens is 4. The van der Waals surface area contributed by atoms with Crippen molar-refractivity contribution in [3.63, 3.8) is 0 Å². The number of hydrogen-bond donors (Lipinski definition) is 0. The molecule has 0 aliphatic carbocycles. The van der Waals surface area contributed by atoms with Gasteiger partial charge in [-0.1, -0.05) is 12.1 Å². The Hall–Kier alpha value is -0.240. The molecule has 0 aromatic heterocycles. The summed E-state index contributed by atoms with van der Waals surface area (Å²) in [6.45, 7) is 0. The fourth-order valence-corrected chi connectivity index (χ4v) is 2.95. The van der Waals surface area contributed by atoms with Gasteiger partial charge in [0.05, 0.1) is 0 Å². The van der Waals surface area contributed by atoms with Crippen LogP contribution in [0.3, 0.4) is 0 Å². The van der Waals surface area contributed by atoms with Crippen molar-refractivity contribution in [1.29, 1.82) is 0 Å². The van der Waals surface area contributed by atoms with Crippen LogP contribution in [0.4, 0.5) is 8.78 Å². The highest BCUT2D eigenvalue weighted by Crippen LogP contribution is 2.30. The Balaban J connectivity index is 2.59. The average Bonchev–Trinajstić information content (AvgIpc) is 2.19. The molecule has 2 aromatic carbocycles. The van der Waals surface area contributed by atoms with E-state index in [1.165, 1.54) is 24.3 Å². The van der Waals surface area contributed by atoms with Crippen molar-refractivity contribution in [2.75, 3.05) is 0 Å². The highest BCUT2D eigenvalue weighted by molar-refractivity contribution is 14.1. The van der Waals surface area contributed by atoms with Gasteiger partial charge in [0.2, 0.25) is 0 Å². The molecule has 16 heavy (non-hydrogen) atoms. The molecule has 0 atom stereocenters. The summed E-state index contributed by atoms with van der Waals surface area (Å²) in [5.41, 5.74) is 1.85. The summed E-state index contributed by atoms with van der Waals surface area (Å²) in [5.74, 6) is -0.518. The Kier molecular flexibility index (Phi) is 3.78. The summed E-state index contributed by atoms with van der Waals surface area (Å²) in [5, 5.41) is 0. The molecule has 0 aliphatic rings. The van der Waals surface area contributed by atoms with Crippen LogP contribution in [0.25, 0.3) is 11.1 Å². The third-order valence-electron chi connectivity index (χ3n) is 2.15. The molecule has 0 bridgehead atoms. The smallest absolute Gasteiger partial charge is 0.124 e. The maximum Gasteiger partial charge on any atom is 0.124 e. The fraction of sp³-hybridized carbons (Fsp3) is 0. The lowest BCUT2D eigenvalue weighted by Gasteiger charge is -2.07. The molecule has 0 saturated heterocycles. The van der Waals surface area contributed by atoms with E-state index in [-0.39, 0.29) is 11.6 Å². The molecule has 2 aromatic rings. The van der Waals surface area contributed by atoms with Gasteiger partial charge in [-0.2, -0.15) is 0 Å². The molecule has 4 heteroatoms. The van der Waals surface area contributed by atoms with Crippen LogP contribution in [0.15, 0.2) is 36.4 Å². The van der Waals surface area contributed by atoms with Gasteiger partial charge >= 0.3 is 0 Å². The predicted octanol–water partition coefficient (Wildman–Crippen LogP) is 4.84. The zero-order chi connectivity index (χ0) is 11.7. The first-order chi connectivity index (χ1) is 7.58. The van der Waals surface area contributed by atoms with Crippen LogP contribution in [0.2, 0.25) is 0 Å². The van der Waals surface area contributed by atoms with Gasteiger partial charge in [0, 0.05) is 7.14 Å².